The zero-order chi connectivity index (χ0) is 11.3. The fourth-order valence-electron chi connectivity index (χ4n) is 1.17. The topological polar surface area (TPSA) is 70.1 Å². The third-order valence-electron chi connectivity index (χ3n) is 2.21. The molecule has 0 aromatic carbocycles. The molecule has 5 heteroatoms. The largest absolute Gasteiger partial charge is 0.394 e. The van der Waals surface area contributed by atoms with Crippen molar-refractivity contribution in [1.29, 1.82) is 0 Å². The first-order chi connectivity index (χ1) is 7.17. The van der Waals surface area contributed by atoms with E-state index in [4.69, 9.17) is 5.11 Å². The maximum atomic E-state index is 9.16. The van der Waals surface area contributed by atoms with Crippen LogP contribution in [0.1, 0.15) is 13.8 Å². The molecular formula is C10H18N4O. The zero-order valence-corrected chi connectivity index (χ0v) is 9.36. The van der Waals surface area contributed by atoms with Crippen LogP contribution in [0.2, 0.25) is 0 Å². The van der Waals surface area contributed by atoms with Crippen molar-refractivity contribution in [2.75, 3.05) is 24.3 Å². The van der Waals surface area contributed by atoms with E-state index in [9.17, 15) is 0 Å². The van der Waals surface area contributed by atoms with Crippen molar-refractivity contribution in [2.45, 2.75) is 19.9 Å². The monoisotopic (exact) mass is 210 g/mol. The normalized spacial score (nSPS) is 12.6. The number of aliphatic hydroxyl groups is 1. The molecular weight excluding hydrogens is 192 g/mol. The summed E-state index contributed by atoms with van der Waals surface area (Å²) in [5.41, 5.74) is 0. The molecule has 84 valence electrons. The van der Waals surface area contributed by atoms with E-state index in [1.54, 1.807) is 19.3 Å². The van der Waals surface area contributed by atoms with Gasteiger partial charge in [0.15, 0.2) is 0 Å². The summed E-state index contributed by atoms with van der Waals surface area (Å²) in [7, 11) is 1.77. The Morgan fingerprint density at radius 1 is 1.47 bits per heavy atom. The predicted molar refractivity (Wildman–Crippen MR) is 60.9 cm³/mol. The van der Waals surface area contributed by atoms with E-state index in [1.807, 2.05) is 13.8 Å². The fraction of sp³-hybridized carbons (Fsp3) is 0.600. The number of hydrogen-bond acceptors (Lipinski definition) is 5. The van der Waals surface area contributed by atoms with Gasteiger partial charge in [-0.1, -0.05) is 13.8 Å². The standard InChI is InChI=1S/C10H18N4O/c1-7(2)8(6-15)13-9-4-5-12-10(11-3)14-9/h4-5,7-8,15H,6H2,1-3H3,(H2,11,12,13,14). The Labute approximate surface area is 90.0 Å². The Bertz CT molecular complexity index is 303. The lowest BCUT2D eigenvalue weighted by molar-refractivity contribution is 0.249. The van der Waals surface area contributed by atoms with Gasteiger partial charge in [0.1, 0.15) is 5.82 Å². The van der Waals surface area contributed by atoms with Crippen LogP contribution in [0.5, 0.6) is 0 Å². The Kier molecular flexibility index (Phi) is 4.30. The molecule has 1 atom stereocenters. The molecule has 0 fully saturated rings. The smallest absolute Gasteiger partial charge is 0.224 e. The van der Waals surface area contributed by atoms with Crippen molar-refractivity contribution in [3.63, 3.8) is 0 Å². The average molecular weight is 210 g/mol. The molecule has 5 nitrogen and oxygen atoms in total. The minimum Gasteiger partial charge on any atom is -0.394 e. The molecule has 3 N–H and O–H groups in total. The highest BCUT2D eigenvalue weighted by atomic mass is 16.3. The molecule has 1 aromatic rings. The molecule has 0 aliphatic carbocycles. The number of nitrogens with zero attached hydrogens (tertiary/aromatic N) is 2. The van der Waals surface area contributed by atoms with E-state index in [1.165, 1.54) is 0 Å². The molecule has 0 aliphatic heterocycles. The average Bonchev–Trinajstić information content (AvgIpc) is 2.25. The van der Waals surface area contributed by atoms with Gasteiger partial charge in [-0.2, -0.15) is 4.98 Å². The van der Waals surface area contributed by atoms with Crippen LogP contribution in [-0.4, -0.2) is 34.8 Å². The Morgan fingerprint density at radius 3 is 2.73 bits per heavy atom. The molecule has 1 heterocycles. The lowest BCUT2D eigenvalue weighted by Crippen LogP contribution is -2.29. The van der Waals surface area contributed by atoms with Crippen LogP contribution in [-0.2, 0) is 0 Å². The van der Waals surface area contributed by atoms with Gasteiger partial charge >= 0.3 is 0 Å². The summed E-state index contributed by atoms with van der Waals surface area (Å²) in [6, 6.07) is 1.80. The third-order valence-corrected chi connectivity index (χ3v) is 2.21. The van der Waals surface area contributed by atoms with E-state index in [0.717, 1.165) is 5.82 Å². The number of hydrogen-bond donors (Lipinski definition) is 3. The summed E-state index contributed by atoms with van der Waals surface area (Å²) in [6.45, 7) is 4.19. The van der Waals surface area contributed by atoms with Gasteiger partial charge in [-0.05, 0) is 12.0 Å². The molecule has 15 heavy (non-hydrogen) atoms. The predicted octanol–water partition coefficient (Wildman–Crippen LogP) is 0.947. The highest BCUT2D eigenvalue weighted by molar-refractivity contribution is 5.40. The summed E-state index contributed by atoms with van der Waals surface area (Å²) in [5.74, 6) is 1.64. The second kappa shape index (κ2) is 5.50. The summed E-state index contributed by atoms with van der Waals surface area (Å²) in [5, 5.41) is 15.2. The Balaban J connectivity index is 2.70. The van der Waals surface area contributed by atoms with Gasteiger partial charge in [0.05, 0.1) is 12.6 Å². The quantitative estimate of drug-likeness (QED) is 0.675. The summed E-state index contributed by atoms with van der Waals surface area (Å²) in [4.78, 5) is 8.23. The van der Waals surface area contributed by atoms with Gasteiger partial charge in [0, 0.05) is 13.2 Å². The molecule has 1 rings (SSSR count). The van der Waals surface area contributed by atoms with Gasteiger partial charge in [0.2, 0.25) is 5.95 Å². The molecule has 0 saturated heterocycles. The van der Waals surface area contributed by atoms with Gasteiger partial charge in [0.25, 0.3) is 0 Å². The SMILES string of the molecule is CNc1nccc(NC(CO)C(C)C)n1. The Morgan fingerprint density at radius 2 is 2.20 bits per heavy atom. The van der Waals surface area contributed by atoms with Gasteiger partial charge in [-0.3, -0.25) is 0 Å². The van der Waals surface area contributed by atoms with Crippen molar-refractivity contribution >= 4 is 11.8 Å². The maximum Gasteiger partial charge on any atom is 0.224 e. The van der Waals surface area contributed by atoms with Crippen LogP contribution < -0.4 is 10.6 Å². The van der Waals surface area contributed by atoms with Crippen LogP contribution in [0.15, 0.2) is 12.3 Å². The minimum atomic E-state index is 0.0182. The van der Waals surface area contributed by atoms with Crippen LogP contribution >= 0.6 is 0 Å². The van der Waals surface area contributed by atoms with Crippen LogP contribution in [0.4, 0.5) is 11.8 Å². The van der Waals surface area contributed by atoms with Gasteiger partial charge in [-0.15, -0.1) is 0 Å². The van der Waals surface area contributed by atoms with Crippen LogP contribution in [0.25, 0.3) is 0 Å². The summed E-state index contributed by atoms with van der Waals surface area (Å²) < 4.78 is 0. The summed E-state index contributed by atoms with van der Waals surface area (Å²) >= 11 is 0. The lowest BCUT2D eigenvalue weighted by atomic mass is 10.1. The zero-order valence-electron chi connectivity index (χ0n) is 9.36. The third kappa shape index (κ3) is 3.36. The molecule has 1 aromatic heterocycles. The lowest BCUT2D eigenvalue weighted by Gasteiger charge is -2.20. The number of rotatable bonds is 5. The fourth-order valence-corrected chi connectivity index (χ4v) is 1.17. The first-order valence-corrected chi connectivity index (χ1v) is 5.05. The molecule has 0 amide bonds. The van der Waals surface area contributed by atoms with Crippen LogP contribution in [0.3, 0.4) is 0 Å². The minimum absolute atomic E-state index is 0.0182. The van der Waals surface area contributed by atoms with Gasteiger partial charge in [-0.25, -0.2) is 4.98 Å². The molecule has 0 aliphatic rings. The molecule has 0 bridgehead atoms. The maximum absolute atomic E-state index is 9.16. The Hall–Kier alpha value is -1.36. The van der Waals surface area contributed by atoms with E-state index < -0.39 is 0 Å². The number of aliphatic hydroxyl groups excluding tert-OH is 1. The van der Waals surface area contributed by atoms with Crippen molar-refractivity contribution in [2.24, 2.45) is 5.92 Å². The molecule has 0 spiro atoms. The van der Waals surface area contributed by atoms with E-state index in [0.29, 0.717) is 11.9 Å². The molecule has 0 radical (unpaired) electrons. The highest BCUT2D eigenvalue weighted by Crippen LogP contribution is 2.10. The number of aromatic nitrogens is 2. The molecule has 0 saturated carbocycles. The second-order valence-corrected chi connectivity index (χ2v) is 3.69. The van der Waals surface area contributed by atoms with Crippen molar-refractivity contribution in [3.05, 3.63) is 12.3 Å². The van der Waals surface area contributed by atoms with E-state index in [-0.39, 0.29) is 12.6 Å². The first-order valence-electron chi connectivity index (χ1n) is 5.05. The first kappa shape index (κ1) is 11.7. The second-order valence-electron chi connectivity index (χ2n) is 3.69. The van der Waals surface area contributed by atoms with Crippen molar-refractivity contribution in [1.82, 2.24) is 9.97 Å². The molecule has 1 unspecified atom stereocenters. The highest BCUT2D eigenvalue weighted by Gasteiger charge is 2.12. The van der Waals surface area contributed by atoms with Crippen LogP contribution in [0, 0.1) is 5.92 Å². The van der Waals surface area contributed by atoms with E-state index >= 15 is 0 Å². The van der Waals surface area contributed by atoms with E-state index in [2.05, 4.69) is 20.6 Å². The number of anilines is 2. The summed E-state index contributed by atoms with van der Waals surface area (Å²) in [6.07, 6.45) is 1.68. The van der Waals surface area contributed by atoms with Crippen molar-refractivity contribution in [3.8, 4) is 0 Å². The van der Waals surface area contributed by atoms with Crippen molar-refractivity contribution < 1.29 is 5.11 Å². The number of nitrogens with one attached hydrogen (secondary N) is 2. The van der Waals surface area contributed by atoms with Gasteiger partial charge < -0.3 is 15.7 Å².